The highest BCUT2D eigenvalue weighted by Gasteiger charge is 2.19. The van der Waals surface area contributed by atoms with E-state index in [0.29, 0.717) is 23.2 Å². The van der Waals surface area contributed by atoms with E-state index in [-0.39, 0.29) is 11.7 Å². The Morgan fingerprint density at radius 2 is 1.71 bits per heavy atom. The quantitative estimate of drug-likeness (QED) is 0.731. The summed E-state index contributed by atoms with van der Waals surface area (Å²) in [5.74, 6) is -0.281. The van der Waals surface area contributed by atoms with Gasteiger partial charge in [-0.25, -0.2) is 0 Å². The van der Waals surface area contributed by atoms with Gasteiger partial charge in [-0.1, -0.05) is 12.1 Å². The number of amides is 1. The van der Waals surface area contributed by atoms with E-state index in [2.05, 4.69) is 10.3 Å². The lowest BCUT2D eigenvalue weighted by Gasteiger charge is -2.24. The molecule has 2 rings (SSSR count). The first-order valence-electron chi connectivity index (χ1n) is 6.73. The summed E-state index contributed by atoms with van der Waals surface area (Å²) < 4.78 is 0. The lowest BCUT2D eigenvalue weighted by molar-refractivity contribution is 0.0914. The van der Waals surface area contributed by atoms with Crippen LogP contribution in [0.15, 0.2) is 42.7 Å². The average Bonchev–Trinajstić information content (AvgIpc) is 3.00. The van der Waals surface area contributed by atoms with Gasteiger partial charge in [-0.3, -0.25) is 9.59 Å². The highest BCUT2D eigenvalue weighted by Crippen LogP contribution is 2.11. The van der Waals surface area contributed by atoms with Gasteiger partial charge in [0.05, 0.1) is 0 Å². The summed E-state index contributed by atoms with van der Waals surface area (Å²) in [4.78, 5) is 27.0. The van der Waals surface area contributed by atoms with Crippen molar-refractivity contribution in [2.45, 2.75) is 19.4 Å². The standard InChI is InChI=1S/C16H19N3O2/c1-16(2,10-17)19-15(21)12-5-3-11(4-6-12)14(20)13-7-8-18-9-13/h3-9,18H,10,17H2,1-2H3,(H,19,21). The normalized spacial score (nSPS) is 11.2. The van der Waals surface area contributed by atoms with Crippen LogP contribution in [0.3, 0.4) is 0 Å². The predicted molar refractivity (Wildman–Crippen MR) is 81.3 cm³/mol. The van der Waals surface area contributed by atoms with Gasteiger partial charge in [-0.2, -0.15) is 0 Å². The Morgan fingerprint density at radius 3 is 2.24 bits per heavy atom. The maximum Gasteiger partial charge on any atom is 0.251 e. The van der Waals surface area contributed by atoms with E-state index in [1.54, 1.807) is 42.7 Å². The van der Waals surface area contributed by atoms with Crippen LogP contribution in [0.25, 0.3) is 0 Å². The van der Waals surface area contributed by atoms with Crippen LogP contribution in [0.4, 0.5) is 0 Å². The molecule has 2 aromatic rings. The second kappa shape index (κ2) is 5.93. The van der Waals surface area contributed by atoms with Gasteiger partial charge in [0.15, 0.2) is 5.78 Å². The summed E-state index contributed by atoms with van der Waals surface area (Å²) in [5, 5.41) is 2.84. The van der Waals surface area contributed by atoms with Crippen molar-refractivity contribution in [2.75, 3.05) is 6.54 Å². The van der Waals surface area contributed by atoms with Crippen LogP contribution in [0.1, 0.15) is 40.1 Å². The first-order chi connectivity index (χ1) is 9.93. The number of ketones is 1. The van der Waals surface area contributed by atoms with E-state index in [9.17, 15) is 9.59 Å². The molecule has 1 amide bonds. The fraction of sp³-hybridized carbons (Fsp3) is 0.250. The smallest absolute Gasteiger partial charge is 0.251 e. The Kier molecular flexibility index (Phi) is 4.23. The number of nitrogens with one attached hydrogen (secondary N) is 2. The molecule has 0 radical (unpaired) electrons. The fourth-order valence-corrected chi connectivity index (χ4v) is 1.84. The number of nitrogens with two attached hydrogens (primary N) is 1. The second-order valence-corrected chi connectivity index (χ2v) is 5.55. The summed E-state index contributed by atoms with van der Waals surface area (Å²) in [7, 11) is 0. The summed E-state index contributed by atoms with van der Waals surface area (Å²) in [6.07, 6.45) is 3.34. The molecule has 21 heavy (non-hydrogen) atoms. The van der Waals surface area contributed by atoms with E-state index in [4.69, 9.17) is 5.73 Å². The van der Waals surface area contributed by atoms with Crippen LogP contribution in [0.2, 0.25) is 0 Å². The number of carbonyl (C=O) groups excluding carboxylic acids is 2. The molecule has 0 fully saturated rings. The largest absolute Gasteiger partial charge is 0.367 e. The van der Waals surface area contributed by atoms with Crippen molar-refractivity contribution in [3.8, 4) is 0 Å². The third-order valence-corrected chi connectivity index (χ3v) is 3.23. The summed E-state index contributed by atoms with van der Waals surface area (Å²) in [5.41, 5.74) is 6.77. The minimum atomic E-state index is -0.462. The van der Waals surface area contributed by atoms with Crippen LogP contribution in [0.5, 0.6) is 0 Å². The topological polar surface area (TPSA) is 88.0 Å². The van der Waals surface area contributed by atoms with Gasteiger partial charge in [0.25, 0.3) is 5.91 Å². The molecule has 1 aromatic carbocycles. The first-order valence-corrected chi connectivity index (χ1v) is 6.73. The van der Waals surface area contributed by atoms with E-state index in [0.717, 1.165) is 0 Å². The molecule has 0 aliphatic heterocycles. The van der Waals surface area contributed by atoms with Crippen molar-refractivity contribution < 1.29 is 9.59 Å². The summed E-state index contributed by atoms with van der Waals surface area (Å²) in [6, 6.07) is 8.30. The Balaban J connectivity index is 2.12. The molecule has 0 saturated carbocycles. The van der Waals surface area contributed by atoms with Crippen molar-refractivity contribution in [3.05, 3.63) is 59.4 Å². The molecule has 1 heterocycles. The van der Waals surface area contributed by atoms with Gasteiger partial charge in [0.1, 0.15) is 0 Å². The number of carbonyl (C=O) groups is 2. The van der Waals surface area contributed by atoms with E-state index in [1.165, 1.54) is 0 Å². The fourth-order valence-electron chi connectivity index (χ4n) is 1.84. The van der Waals surface area contributed by atoms with Gasteiger partial charge in [0.2, 0.25) is 0 Å². The highest BCUT2D eigenvalue weighted by atomic mass is 16.1. The maximum atomic E-state index is 12.1. The van der Waals surface area contributed by atoms with E-state index >= 15 is 0 Å². The van der Waals surface area contributed by atoms with Gasteiger partial charge in [-0.15, -0.1) is 0 Å². The molecule has 1 aromatic heterocycles. The van der Waals surface area contributed by atoms with E-state index < -0.39 is 5.54 Å². The maximum absolute atomic E-state index is 12.1. The van der Waals surface area contributed by atoms with Crippen molar-refractivity contribution in [3.63, 3.8) is 0 Å². The molecular weight excluding hydrogens is 266 g/mol. The molecule has 0 spiro atoms. The molecule has 110 valence electrons. The number of aromatic nitrogens is 1. The molecule has 0 saturated heterocycles. The molecule has 0 unspecified atom stereocenters. The Morgan fingerprint density at radius 1 is 1.10 bits per heavy atom. The van der Waals surface area contributed by atoms with Crippen LogP contribution < -0.4 is 11.1 Å². The van der Waals surface area contributed by atoms with Crippen molar-refractivity contribution in [1.82, 2.24) is 10.3 Å². The minimum absolute atomic E-state index is 0.0782. The summed E-state index contributed by atoms with van der Waals surface area (Å²) >= 11 is 0. The minimum Gasteiger partial charge on any atom is -0.367 e. The zero-order chi connectivity index (χ0) is 15.5. The van der Waals surface area contributed by atoms with Gasteiger partial charge >= 0.3 is 0 Å². The number of benzene rings is 1. The van der Waals surface area contributed by atoms with Crippen molar-refractivity contribution in [1.29, 1.82) is 0 Å². The zero-order valence-electron chi connectivity index (χ0n) is 12.1. The van der Waals surface area contributed by atoms with Crippen molar-refractivity contribution >= 4 is 11.7 Å². The summed E-state index contributed by atoms with van der Waals surface area (Å²) in [6.45, 7) is 4.06. The predicted octanol–water partition coefficient (Wildman–Crippen LogP) is 1.71. The SMILES string of the molecule is CC(C)(CN)NC(=O)c1ccc(C(=O)c2cc[nH]c2)cc1. The molecule has 0 aliphatic rings. The Bertz CT molecular complexity index is 628. The molecule has 0 bridgehead atoms. The van der Waals surface area contributed by atoms with Gasteiger partial charge in [-0.05, 0) is 32.0 Å². The number of hydrogen-bond acceptors (Lipinski definition) is 3. The number of H-pyrrole nitrogens is 1. The third-order valence-electron chi connectivity index (χ3n) is 3.23. The second-order valence-electron chi connectivity index (χ2n) is 5.55. The third kappa shape index (κ3) is 3.58. The van der Waals surface area contributed by atoms with Crippen LogP contribution in [-0.4, -0.2) is 28.8 Å². The molecule has 0 atom stereocenters. The molecule has 5 heteroatoms. The van der Waals surface area contributed by atoms with Gasteiger partial charge < -0.3 is 16.0 Å². The number of hydrogen-bond donors (Lipinski definition) is 3. The number of rotatable bonds is 5. The van der Waals surface area contributed by atoms with Gasteiger partial charge in [0, 0.05) is 41.2 Å². The lowest BCUT2D eigenvalue weighted by Crippen LogP contribution is -2.48. The van der Waals surface area contributed by atoms with Crippen molar-refractivity contribution in [2.24, 2.45) is 5.73 Å². The lowest BCUT2D eigenvalue weighted by atomic mass is 10.0. The molecule has 0 aliphatic carbocycles. The van der Waals surface area contributed by atoms with Crippen LogP contribution in [-0.2, 0) is 0 Å². The highest BCUT2D eigenvalue weighted by molar-refractivity contribution is 6.09. The number of aromatic amines is 1. The van der Waals surface area contributed by atoms with Crippen LogP contribution in [0, 0.1) is 0 Å². The zero-order valence-corrected chi connectivity index (χ0v) is 12.1. The molecule has 5 nitrogen and oxygen atoms in total. The Hall–Kier alpha value is -2.40. The average molecular weight is 285 g/mol. The first kappa shape index (κ1) is 15.0. The molecular formula is C16H19N3O2. The van der Waals surface area contributed by atoms with Crippen LogP contribution >= 0.6 is 0 Å². The van der Waals surface area contributed by atoms with E-state index in [1.807, 2.05) is 13.8 Å². The Labute approximate surface area is 123 Å². The molecule has 4 N–H and O–H groups in total. The monoisotopic (exact) mass is 285 g/mol.